The van der Waals surface area contributed by atoms with E-state index in [4.69, 9.17) is 0 Å². The van der Waals surface area contributed by atoms with Gasteiger partial charge < -0.3 is 5.11 Å². The Kier molecular flexibility index (Phi) is 2.89. The van der Waals surface area contributed by atoms with Crippen molar-refractivity contribution in [1.29, 1.82) is 0 Å². The molecule has 1 atom stereocenters. The van der Waals surface area contributed by atoms with Crippen molar-refractivity contribution in [3.8, 4) is 0 Å². The average molecular weight is 218 g/mol. The van der Waals surface area contributed by atoms with E-state index < -0.39 is 6.10 Å². The summed E-state index contributed by atoms with van der Waals surface area (Å²) >= 11 is 1.61. The molecule has 0 bridgehead atoms. The van der Waals surface area contributed by atoms with Gasteiger partial charge in [0.05, 0.1) is 0 Å². The first-order chi connectivity index (χ1) is 7.16. The van der Waals surface area contributed by atoms with Gasteiger partial charge in [-0.1, -0.05) is 29.3 Å². The molecule has 0 fully saturated rings. The standard InChI is InChI=1S/C13H14OS/c1-9-5-10(2)7-12(6-9)13(14)11-3-4-15-8-11/h3-8,13-14H,1-2H3/t13-/m1/s1. The van der Waals surface area contributed by atoms with Gasteiger partial charge in [-0.15, -0.1) is 0 Å². The molecule has 1 aromatic carbocycles. The van der Waals surface area contributed by atoms with E-state index in [-0.39, 0.29) is 0 Å². The fraction of sp³-hybridized carbons (Fsp3) is 0.231. The van der Waals surface area contributed by atoms with Crippen LogP contribution in [0.25, 0.3) is 0 Å². The Labute approximate surface area is 94.0 Å². The molecule has 15 heavy (non-hydrogen) atoms. The van der Waals surface area contributed by atoms with Crippen LogP contribution in [0.2, 0.25) is 0 Å². The highest BCUT2D eigenvalue weighted by Crippen LogP contribution is 2.25. The van der Waals surface area contributed by atoms with Crippen molar-refractivity contribution in [3.05, 3.63) is 57.3 Å². The zero-order valence-corrected chi connectivity index (χ0v) is 9.71. The van der Waals surface area contributed by atoms with Crippen LogP contribution >= 0.6 is 11.3 Å². The summed E-state index contributed by atoms with van der Waals surface area (Å²) in [6, 6.07) is 8.15. The van der Waals surface area contributed by atoms with Gasteiger partial charge in [0, 0.05) is 0 Å². The Bertz CT molecular complexity index is 425. The van der Waals surface area contributed by atoms with Crippen molar-refractivity contribution in [1.82, 2.24) is 0 Å². The molecule has 0 spiro atoms. The lowest BCUT2D eigenvalue weighted by Gasteiger charge is -2.11. The first-order valence-corrected chi connectivity index (χ1v) is 5.89. The molecule has 0 radical (unpaired) electrons. The Morgan fingerprint density at radius 2 is 1.73 bits per heavy atom. The largest absolute Gasteiger partial charge is 0.384 e. The second-order valence-corrected chi connectivity index (χ2v) is 4.66. The average Bonchev–Trinajstić information content (AvgIpc) is 2.67. The highest BCUT2D eigenvalue weighted by molar-refractivity contribution is 7.07. The first kappa shape index (κ1) is 10.4. The number of thiophene rings is 1. The minimum atomic E-state index is -0.491. The van der Waals surface area contributed by atoms with Crippen molar-refractivity contribution < 1.29 is 5.11 Å². The molecule has 0 saturated carbocycles. The van der Waals surface area contributed by atoms with Crippen LogP contribution in [0.1, 0.15) is 28.4 Å². The third-order valence-electron chi connectivity index (χ3n) is 2.42. The monoisotopic (exact) mass is 218 g/mol. The van der Waals surface area contributed by atoms with Crippen LogP contribution in [0.4, 0.5) is 0 Å². The Hall–Kier alpha value is -1.12. The number of aliphatic hydroxyl groups is 1. The van der Waals surface area contributed by atoms with Crippen LogP contribution in [0.15, 0.2) is 35.0 Å². The summed E-state index contributed by atoms with van der Waals surface area (Å²) in [7, 11) is 0. The van der Waals surface area contributed by atoms with Crippen molar-refractivity contribution >= 4 is 11.3 Å². The predicted octanol–water partition coefficient (Wildman–Crippen LogP) is 3.45. The van der Waals surface area contributed by atoms with Gasteiger partial charge in [0.25, 0.3) is 0 Å². The Morgan fingerprint density at radius 3 is 2.27 bits per heavy atom. The van der Waals surface area contributed by atoms with Gasteiger partial charge in [0.1, 0.15) is 6.10 Å². The van der Waals surface area contributed by atoms with Crippen LogP contribution in [-0.2, 0) is 0 Å². The molecule has 1 heterocycles. The number of rotatable bonds is 2. The normalized spacial score (nSPS) is 12.7. The van der Waals surface area contributed by atoms with Crippen molar-refractivity contribution in [2.45, 2.75) is 20.0 Å². The highest BCUT2D eigenvalue weighted by atomic mass is 32.1. The Balaban J connectivity index is 2.37. The minimum Gasteiger partial charge on any atom is -0.384 e. The third-order valence-corrected chi connectivity index (χ3v) is 3.12. The molecule has 78 valence electrons. The van der Waals surface area contributed by atoms with Gasteiger partial charge in [-0.05, 0) is 41.8 Å². The molecule has 0 unspecified atom stereocenters. The maximum atomic E-state index is 10.1. The van der Waals surface area contributed by atoms with E-state index in [9.17, 15) is 5.11 Å². The van der Waals surface area contributed by atoms with E-state index in [1.165, 1.54) is 11.1 Å². The summed E-state index contributed by atoms with van der Waals surface area (Å²) in [5, 5.41) is 14.1. The fourth-order valence-electron chi connectivity index (χ4n) is 1.79. The van der Waals surface area contributed by atoms with Gasteiger partial charge >= 0.3 is 0 Å². The van der Waals surface area contributed by atoms with Gasteiger partial charge in [-0.25, -0.2) is 0 Å². The molecular formula is C13H14OS. The zero-order valence-electron chi connectivity index (χ0n) is 8.90. The molecule has 2 rings (SSSR count). The van der Waals surface area contributed by atoms with E-state index in [0.29, 0.717) is 0 Å². The third kappa shape index (κ3) is 2.28. The van der Waals surface area contributed by atoms with Crippen LogP contribution in [0.3, 0.4) is 0 Å². The molecule has 1 aromatic heterocycles. The van der Waals surface area contributed by atoms with E-state index in [2.05, 4.69) is 19.9 Å². The van der Waals surface area contributed by atoms with E-state index in [1.54, 1.807) is 11.3 Å². The van der Waals surface area contributed by atoms with Gasteiger partial charge in [-0.3, -0.25) is 0 Å². The number of hydrogen-bond acceptors (Lipinski definition) is 2. The summed E-state index contributed by atoms with van der Waals surface area (Å²) in [6.07, 6.45) is -0.491. The molecule has 0 amide bonds. The lowest BCUT2D eigenvalue weighted by Crippen LogP contribution is -1.98. The van der Waals surface area contributed by atoms with Crippen molar-refractivity contribution in [2.24, 2.45) is 0 Å². The maximum absolute atomic E-state index is 10.1. The quantitative estimate of drug-likeness (QED) is 0.818. The summed E-state index contributed by atoms with van der Waals surface area (Å²) < 4.78 is 0. The van der Waals surface area contributed by atoms with E-state index in [1.807, 2.05) is 29.0 Å². The summed E-state index contributed by atoms with van der Waals surface area (Å²) in [4.78, 5) is 0. The van der Waals surface area contributed by atoms with Gasteiger partial charge in [0.2, 0.25) is 0 Å². The maximum Gasteiger partial charge on any atom is 0.105 e. The highest BCUT2D eigenvalue weighted by Gasteiger charge is 2.10. The SMILES string of the molecule is Cc1cc(C)cc([C@H](O)c2ccsc2)c1. The van der Waals surface area contributed by atoms with Gasteiger partial charge in [0.15, 0.2) is 0 Å². The fourth-order valence-corrected chi connectivity index (χ4v) is 2.47. The number of benzene rings is 1. The second-order valence-electron chi connectivity index (χ2n) is 3.88. The predicted molar refractivity (Wildman–Crippen MR) is 64.3 cm³/mol. The lowest BCUT2D eigenvalue weighted by molar-refractivity contribution is 0.220. The molecule has 0 aliphatic heterocycles. The number of aryl methyl sites for hydroxylation is 2. The zero-order chi connectivity index (χ0) is 10.8. The molecule has 0 aliphatic carbocycles. The van der Waals surface area contributed by atoms with Crippen LogP contribution in [0, 0.1) is 13.8 Å². The minimum absolute atomic E-state index is 0.491. The number of hydrogen-bond donors (Lipinski definition) is 1. The van der Waals surface area contributed by atoms with Crippen LogP contribution in [-0.4, -0.2) is 5.11 Å². The van der Waals surface area contributed by atoms with Crippen LogP contribution < -0.4 is 0 Å². The van der Waals surface area contributed by atoms with Crippen molar-refractivity contribution in [2.75, 3.05) is 0 Å². The topological polar surface area (TPSA) is 20.2 Å². The smallest absolute Gasteiger partial charge is 0.105 e. The first-order valence-electron chi connectivity index (χ1n) is 4.95. The number of aliphatic hydroxyl groups excluding tert-OH is 1. The van der Waals surface area contributed by atoms with Crippen molar-refractivity contribution in [3.63, 3.8) is 0 Å². The molecule has 1 N–H and O–H groups in total. The van der Waals surface area contributed by atoms with Crippen LogP contribution in [0.5, 0.6) is 0 Å². The van der Waals surface area contributed by atoms with E-state index in [0.717, 1.165) is 11.1 Å². The van der Waals surface area contributed by atoms with Gasteiger partial charge in [-0.2, -0.15) is 11.3 Å². The molecule has 1 nitrogen and oxygen atoms in total. The second kappa shape index (κ2) is 4.17. The summed E-state index contributed by atoms with van der Waals surface area (Å²) in [5.74, 6) is 0. The van der Waals surface area contributed by atoms with E-state index >= 15 is 0 Å². The molecular weight excluding hydrogens is 204 g/mol. The molecule has 0 aliphatic rings. The Morgan fingerprint density at radius 1 is 1.07 bits per heavy atom. The lowest BCUT2D eigenvalue weighted by atomic mass is 10.00. The molecule has 0 saturated heterocycles. The molecule has 2 aromatic rings. The summed E-state index contributed by atoms with van der Waals surface area (Å²) in [5.41, 5.74) is 4.34. The summed E-state index contributed by atoms with van der Waals surface area (Å²) in [6.45, 7) is 4.10. The molecule has 2 heteroatoms.